The summed E-state index contributed by atoms with van der Waals surface area (Å²) in [5.41, 5.74) is 4.51. The fourth-order valence-electron chi connectivity index (χ4n) is 4.48. The molecule has 34 heavy (non-hydrogen) atoms. The van der Waals surface area contributed by atoms with Gasteiger partial charge in [-0.15, -0.1) is 0 Å². The molecule has 0 radical (unpaired) electrons. The zero-order valence-electron chi connectivity index (χ0n) is 19.0. The first-order chi connectivity index (χ1) is 16.7. The molecule has 2 amide bonds. The van der Waals surface area contributed by atoms with E-state index in [0.717, 1.165) is 35.3 Å². The first kappa shape index (κ1) is 21.9. The Balaban J connectivity index is 1.28. The second-order valence-corrected chi connectivity index (χ2v) is 8.88. The molecule has 1 saturated carbocycles. The van der Waals surface area contributed by atoms with Crippen molar-refractivity contribution in [1.82, 2.24) is 15.3 Å². The van der Waals surface area contributed by atoms with Gasteiger partial charge in [0.1, 0.15) is 5.82 Å². The van der Waals surface area contributed by atoms with Crippen molar-refractivity contribution in [3.05, 3.63) is 83.9 Å². The van der Waals surface area contributed by atoms with Crippen LogP contribution in [0, 0.1) is 0 Å². The maximum atomic E-state index is 12.8. The van der Waals surface area contributed by atoms with Crippen molar-refractivity contribution in [2.24, 2.45) is 0 Å². The van der Waals surface area contributed by atoms with Gasteiger partial charge in [0.2, 0.25) is 0 Å². The molecule has 4 aromatic rings. The average Bonchev–Trinajstić information content (AvgIpc) is 3.13. The SMILES string of the molecule is O=C(Nc1ccc(-c2nc3ccc(C(=O)NC4CCCCCC4)cc3[nH]2)cc1)c1ccccc1. The van der Waals surface area contributed by atoms with Crippen LogP contribution in [-0.4, -0.2) is 27.8 Å². The first-order valence-corrected chi connectivity index (χ1v) is 11.9. The normalized spacial score (nSPS) is 14.5. The van der Waals surface area contributed by atoms with Crippen molar-refractivity contribution in [2.75, 3.05) is 5.32 Å². The molecule has 0 unspecified atom stereocenters. The second kappa shape index (κ2) is 9.91. The van der Waals surface area contributed by atoms with Crippen LogP contribution in [-0.2, 0) is 0 Å². The molecule has 0 atom stereocenters. The van der Waals surface area contributed by atoms with Crippen molar-refractivity contribution in [2.45, 2.75) is 44.6 Å². The minimum absolute atomic E-state index is 0.0246. The fraction of sp³-hybridized carbons (Fsp3) is 0.250. The highest BCUT2D eigenvalue weighted by Gasteiger charge is 2.17. The van der Waals surface area contributed by atoms with Gasteiger partial charge < -0.3 is 15.6 Å². The van der Waals surface area contributed by atoms with E-state index in [-0.39, 0.29) is 17.9 Å². The highest BCUT2D eigenvalue weighted by Crippen LogP contribution is 2.24. The molecule has 0 aliphatic heterocycles. The van der Waals surface area contributed by atoms with Gasteiger partial charge in [-0.1, -0.05) is 43.9 Å². The molecular weight excluding hydrogens is 424 g/mol. The lowest BCUT2D eigenvalue weighted by Gasteiger charge is -2.16. The number of hydrogen-bond acceptors (Lipinski definition) is 3. The van der Waals surface area contributed by atoms with Gasteiger partial charge in [0.15, 0.2) is 0 Å². The van der Waals surface area contributed by atoms with E-state index < -0.39 is 0 Å². The molecule has 1 aliphatic carbocycles. The Morgan fingerprint density at radius 1 is 0.794 bits per heavy atom. The van der Waals surface area contributed by atoms with E-state index in [4.69, 9.17) is 0 Å². The van der Waals surface area contributed by atoms with E-state index in [1.54, 1.807) is 12.1 Å². The zero-order valence-corrected chi connectivity index (χ0v) is 19.0. The lowest BCUT2D eigenvalue weighted by molar-refractivity contribution is 0.0932. The van der Waals surface area contributed by atoms with Crippen molar-refractivity contribution in [1.29, 1.82) is 0 Å². The summed E-state index contributed by atoms with van der Waals surface area (Å²) >= 11 is 0. The van der Waals surface area contributed by atoms with Crippen LogP contribution in [0.1, 0.15) is 59.2 Å². The maximum absolute atomic E-state index is 12.8. The topological polar surface area (TPSA) is 86.9 Å². The second-order valence-electron chi connectivity index (χ2n) is 8.88. The Bertz CT molecular complexity index is 1290. The smallest absolute Gasteiger partial charge is 0.255 e. The molecule has 1 fully saturated rings. The number of nitrogens with one attached hydrogen (secondary N) is 3. The number of carbonyl (C=O) groups is 2. The monoisotopic (exact) mass is 452 g/mol. The largest absolute Gasteiger partial charge is 0.349 e. The Labute approximate surface area is 198 Å². The number of aromatic amines is 1. The van der Waals surface area contributed by atoms with E-state index >= 15 is 0 Å². The van der Waals surface area contributed by atoms with E-state index in [1.807, 2.05) is 60.7 Å². The third-order valence-electron chi connectivity index (χ3n) is 6.39. The van der Waals surface area contributed by atoms with Gasteiger partial charge >= 0.3 is 0 Å². The van der Waals surface area contributed by atoms with E-state index in [1.165, 1.54) is 25.7 Å². The van der Waals surface area contributed by atoms with Gasteiger partial charge in [-0.2, -0.15) is 0 Å². The Kier molecular flexibility index (Phi) is 6.38. The summed E-state index contributed by atoms with van der Waals surface area (Å²) in [4.78, 5) is 33.2. The molecule has 6 heteroatoms. The summed E-state index contributed by atoms with van der Waals surface area (Å²) in [6.45, 7) is 0. The lowest BCUT2D eigenvalue weighted by Crippen LogP contribution is -2.34. The minimum atomic E-state index is -0.147. The predicted octanol–water partition coefficient (Wildman–Crippen LogP) is 5.93. The number of amides is 2. The number of aromatic nitrogens is 2. The van der Waals surface area contributed by atoms with Gasteiger partial charge in [0.05, 0.1) is 11.0 Å². The Hall–Kier alpha value is -3.93. The van der Waals surface area contributed by atoms with Crippen molar-refractivity contribution in [3.8, 4) is 11.4 Å². The van der Waals surface area contributed by atoms with Gasteiger partial charge in [-0.05, 0) is 67.4 Å². The van der Waals surface area contributed by atoms with E-state index in [2.05, 4.69) is 20.6 Å². The summed E-state index contributed by atoms with van der Waals surface area (Å²) in [5, 5.41) is 6.11. The molecule has 1 aromatic heterocycles. The molecule has 0 saturated heterocycles. The summed E-state index contributed by atoms with van der Waals surface area (Å²) in [5.74, 6) is 0.549. The number of rotatable bonds is 5. The number of benzene rings is 3. The third kappa shape index (κ3) is 5.01. The minimum Gasteiger partial charge on any atom is -0.349 e. The zero-order chi connectivity index (χ0) is 23.3. The molecule has 6 nitrogen and oxygen atoms in total. The standard InChI is InChI=1S/C28H28N4O2/c33-27(20-8-4-3-5-9-20)30-23-15-12-19(13-16-23)26-31-24-17-14-21(18-25(24)32-26)28(34)29-22-10-6-1-2-7-11-22/h3-5,8-9,12-18,22H,1-2,6-7,10-11H2,(H,29,34)(H,30,33)(H,31,32). The van der Waals surface area contributed by atoms with Crippen LogP contribution in [0.4, 0.5) is 5.69 Å². The molecule has 1 heterocycles. The van der Waals surface area contributed by atoms with Crippen molar-refractivity contribution >= 4 is 28.5 Å². The number of nitrogens with zero attached hydrogens (tertiary/aromatic N) is 1. The summed E-state index contributed by atoms with van der Waals surface area (Å²) < 4.78 is 0. The molecule has 0 bridgehead atoms. The van der Waals surface area contributed by atoms with Gasteiger partial charge in [0, 0.05) is 28.4 Å². The van der Waals surface area contributed by atoms with Gasteiger partial charge in [-0.25, -0.2) is 4.98 Å². The van der Waals surface area contributed by atoms with Crippen LogP contribution < -0.4 is 10.6 Å². The molecule has 5 rings (SSSR count). The summed E-state index contributed by atoms with van der Waals surface area (Å²) in [6.07, 6.45) is 7.00. The van der Waals surface area contributed by atoms with E-state index in [9.17, 15) is 9.59 Å². The van der Waals surface area contributed by atoms with Crippen molar-refractivity contribution in [3.63, 3.8) is 0 Å². The van der Waals surface area contributed by atoms with E-state index in [0.29, 0.717) is 16.8 Å². The molecular formula is C28H28N4O2. The predicted molar refractivity (Wildman–Crippen MR) is 135 cm³/mol. The fourth-order valence-corrected chi connectivity index (χ4v) is 4.48. The molecule has 3 aromatic carbocycles. The summed E-state index contributed by atoms with van der Waals surface area (Å²) in [7, 11) is 0. The van der Waals surface area contributed by atoms with Crippen LogP contribution >= 0.6 is 0 Å². The first-order valence-electron chi connectivity index (χ1n) is 11.9. The number of hydrogen-bond donors (Lipinski definition) is 3. The van der Waals surface area contributed by atoms with Crippen LogP contribution in [0.2, 0.25) is 0 Å². The molecule has 0 spiro atoms. The van der Waals surface area contributed by atoms with Gasteiger partial charge in [-0.3, -0.25) is 9.59 Å². The number of anilines is 1. The molecule has 3 N–H and O–H groups in total. The lowest BCUT2D eigenvalue weighted by atomic mass is 10.1. The van der Waals surface area contributed by atoms with Crippen molar-refractivity contribution < 1.29 is 9.59 Å². The highest BCUT2D eigenvalue weighted by molar-refractivity contribution is 6.04. The highest BCUT2D eigenvalue weighted by atomic mass is 16.2. The number of H-pyrrole nitrogens is 1. The molecule has 172 valence electrons. The Morgan fingerprint density at radius 2 is 1.53 bits per heavy atom. The summed E-state index contributed by atoms with van der Waals surface area (Å²) in [6, 6.07) is 22.5. The third-order valence-corrected chi connectivity index (χ3v) is 6.39. The van der Waals surface area contributed by atoms with Crippen LogP contribution in [0.15, 0.2) is 72.8 Å². The number of carbonyl (C=O) groups excluding carboxylic acids is 2. The quantitative estimate of drug-likeness (QED) is 0.328. The van der Waals surface area contributed by atoms with Crippen LogP contribution in [0.25, 0.3) is 22.4 Å². The number of imidazole rings is 1. The van der Waals surface area contributed by atoms with Crippen LogP contribution in [0.5, 0.6) is 0 Å². The number of fused-ring (bicyclic) bond motifs is 1. The van der Waals surface area contributed by atoms with Gasteiger partial charge in [0.25, 0.3) is 11.8 Å². The maximum Gasteiger partial charge on any atom is 0.255 e. The average molecular weight is 453 g/mol. The Morgan fingerprint density at radius 3 is 2.26 bits per heavy atom. The van der Waals surface area contributed by atoms with Crippen LogP contribution in [0.3, 0.4) is 0 Å². The molecule has 1 aliphatic rings.